The highest BCUT2D eigenvalue weighted by molar-refractivity contribution is 5.42. The van der Waals surface area contributed by atoms with Crippen LogP contribution in [0.1, 0.15) is 12.0 Å². The Morgan fingerprint density at radius 2 is 1.67 bits per heavy atom. The van der Waals surface area contributed by atoms with Gasteiger partial charge in [0.1, 0.15) is 0 Å². The summed E-state index contributed by atoms with van der Waals surface area (Å²) in [6.07, 6.45) is 0.819. The van der Waals surface area contributed by atoms with Crippen molar-refractivity contribution in [2.75, 3.05) is 25.0 Å². The first-order valence-corrected chi connectivity index (χ1v) is 7.51. The fraction of sp³-hybridized carbons (Fsp3) is 0.333. The standard InChI is InChI=1S/C18H22N2O/c21-18(14-19-17-9-5-2-6-10-17)11-12-20(15-18)13-16-7-3-1-4-8-16/h1-10,19,21H,11-15H2. The molecule has 0 bridgehead atoms. The van der Waals surface area contributed by atoms with Crippen molar-refractivity contribution in [2.24, 2.45) is 0 Å². The van der Waals surface area contributed by atoms with E-state index < -0.39 is 5.60 Å². The van der Waals surface area contributed by atoms with E-state index in [1.807, 2.05) is 36.4 Å². The first kappa shape index (κ1) is 14.1. The van der Waals surface area contributed by atoms with Gasteiger partial charge in [-0.15, -0.1) is 0 Å². The molecule has 1 saturated heterocycles. The summed E-state index contributed by atoms with van der Waals surface area (Å²) in [7, 11) is 0. The lowest BCUT2D eigenvalue weighted by Crippen LogP contribution is -2.39. The van der Waals surface area contributed by atoms with Gasteiger partial charge in [0.25, 0.3) is 0 Å². The van der Waals surface area contributed by atoms with Gasteiger partial charge in [0, 0.05) is 31.9 Å². The SMILES string of the molecule is OC1(CNc2ccccc2)CCN(Cc2ccccc2)C1. The molecule has 2 N–H and O–H groups in total. The van der Waals surface area contributed by atoms with Crippen molar-refractivity contribution in [3.63, 3.8) is 0 Å². The number of hydrogen-bond donors (Lipinski definition) is 2. The van der Waals surface area contributed by atoms with Crippen LogP contribution < -0.4 is 5.32 Å². The smallest absolute Gasteiger partial charge is 0.0957 e. The maximum Gasteiger partial charge on any atom is 0.0957 e. The molecule has 0 amide bonds. The summed E-state index contributed by atoms with van der Waals surface area (Å²) in [4.78, 5) is 2.32. The molecule has 110 valence electrons. The van der Waals surface area contributed by atoms with Crippen molar-refractivity contribution >= 4 is 5.69 Å². The molecule has 1 heterocycles. The van der Waals surface area contributed by atoms with E-state index >= 15 is 0 Å². The van der Waals surface area contributed by atoms with E-state index in [0.717, 1.165) is 31.7 Å². The second-order valence-corrected chi connectivity index (χ2v) is 5.89. The molecule has 1 aliphatic heterocycles. The van der Waals surface area contributed by atoms with Gasteiger partial charge in [-0.25, -0.2) is 0 Å². The van der Waals surface area contributed by atoms with Gasteiger partial charge in [0.15, 0.2) is 0 Å². The molecule has 3 rings (SSSR count). The van der Waals surface area contributed by atoms with Crippen LogP contribution in [0.4, 0.5) is 5.69 Å². The van der Waals surface area contributed by atoms with Crippen LogP contribution in [0.25, 0.3) is 0 Å². The highest BCUT2D eigenvalue weighted by Gasteiger charge is 2.35. The van der Waals surface area contributed by atoms with Crippen molar-refractivity contribution in [3.8, 4) is 0 Å². The summed E-state index contributed by atoms with van der Waals surface area (Å²) < 4.78 is 0. The van der Waals surface area contributed by atoms with Crippen LogP contribution in [-0.4, -0.2) is 35.2 Å². The Kier molecular flexibility index (Phi) is 4.23. The Hall–Kier alpha value is -1.84. The minimum absolute atomic E-state index is 0.600. The first-order valence-electron chi connectivity index (χ1n) is 7.51. The largest absolute Gasteiger partial charge is 0.387 e. The number of para-hydroxylation sites is 1. The van der Waals surface area contributed by atoms with Crippen LogP contribution in [0.3, 0.4) is 0 Å². The summed E-state index contributed by atoms with van der Waals surface area (Å²) in [6, 6.07) is 20.5. The maximum absolute atomic E-state index is 10.7. The molecule has 21 heavy (non-hydrogen) atoms. The number of rotatable bonds is 5. The van der Waals surface area contributed by atoms with E-state index in [-0.39, 0.29) is 0 Å². The van der Waals surface area contributed by atoms with E-state index in [9.17, 15) is 5.11 Å². The minimum Gasteiger partial charge on any atom is -0.387 e. The molecule has 3 heteroatoms. The third-order valence-corrected chi connectivity index (χ3v) is 4.06. The monoisotopic (exact) mass is 282 g/mol. The number of hydrogen-bond acceptors (Lipinski definition) is 3. The lowest BCUT2D eigenvalue weighted by molar-refractivity contribution is 0.0615. The lowest BCUT2D eigenvalue weighted by Gasteiger charge is -2.24. The van der Waals surface area contributed by atoms with Gasteiger partial charge >= 0.3 is 0 Å². The van der Waals surface area contributed by atoms with Gasteiger partial charge in [-0.1, -0.05) is 48.5 Å². The van der Waals surface area contributed by atoms with Crippen molar-refractivity contribution in [1.29, 1.82) is 0 Å². The number of β-amino-alcohol motifs (C(OH)–C–C–N with tert-alkyl or cyclic N) is 1. The molecule has 1 aliphatic rings. The van der Waals surface area contributed by atoms with Gasteiger partial charge in [0.2, 0.25) is 0 Å². The molecule has 0 saturated carbocycles. The zero-order valence-corrected chi connectivity index (χ0v) is 12.2. The number of benzene rings is 2. The third-order valence-electron chi connectivity index (χ3n) is 4.06. The summed E-state index contributed by atoms with van der Waals surface area (Å²) in [5.74, 6) is 0. The fourth-order valence-corrected chi connectivity index (χ4v) is 2.88. The molecule has 1 fully saturated rings. The van der Waals surface area contributed by atoms with E-state index in [1.165, 1.54) is 5.56 Å². The van der Waals surface area contributed by atoms with Gasteiger partial charge in [-0.2, -0.15) is 0 Å². The van der Waals surface area contributed by atoms with Crippen LogP contribution in [0, 0.1) is 0 Å². The van der Waals surface area contributed by atoms with E-state index in [1.54, 1.807) is 0 Å². The van der Waals surface area contributed by atoms with Crippen molar-refractivity contribution in [3.05, 3.63) is 66.2 Å². The zero-order valence-electron chi connectivity index (χ0n) is 12.2. The van der Waals surface area contributed by atoms with E-state index in [2.05, 4.69) is 34.5 Å². The van der Waals surface area contributed by atoms with E-state index in [0.29, 0.717) is 6.54 Å². The first-order chi connectivity index (χ1) is 10.2. The Balaban J connectivity index is 1.53. The average molecular weight is 282 g/mol. The number of likely N-dealkylation sites (tertiary alicyclic amines) is 1. The predicted octanol–water partition coefficient (Wildman–Crippen LogP) is 2.74. The molecule has 0 aliphatic carbocycles. The molecular weight excluding hydrogens is 260 g/mol. The topological polar surface area (TPSA) is 35.5 Å². The van der Waals surface area contributed by atoms with Crippen LogP contribution in [0.15, 0.2) is 60.7 Å². The third kappa shape index (κ3) is 3.84. The Labute approximate surface area is 126 Å². The minimum atomic E-state index is -0.634. The van der Waals surface area contributed by atoms with Gasteiger partial charge < -0.3 is 10.4 Å². The van der Waals surface area contributed by atoms with Crippen molar-refractivity contribution in [2.45, 2.75) is 18.6 Å². The summed E-state index contributed by atoms with van der Waals surface area (Å²) >= 11 is 0. The number of nitrogens with zero attached hydrogens (tertiary/aromatic N) is 1. The Bertz CT molecular complexity index is 558. The molecule has 1 atom stereocenters. The number of aliphatic hydroxyl groups is 1. The highest BCUT2D eigenvalue weighted by atomic mass is 16.3. The average Bonchev–Trinajstić information content (AvgIpc) is 2.89. The normalized spacial score (nSPS) is 22.3. The molecule has 2 aromatic carbocycles. The van der Waals surface area contributed by atoms with Crippen LogP contribution in [0.5, 0.6) is 0 Å². The zero-order chi connectivity index (χ0) is 14.5. The van der Waals surface area contributed by atoms with Crippen LogP contribution in [0.2, 0.25) is 0 Å². The molecule has 0 spiro atoms. The maximum atomic E-state index is 10.7. The van der Waals surface area contributed by atoms with Crippen molar-refractivity contribution in [1.82, 2.24) is 4.90 Å². The second kappa shape index (κ2) is 6.29. The molecule has 3 nitrogen and oxygen atoms in total. The van der Waals surface area contributed by atoms with Gasteiger partial charge in [-0.3, -0.25) is 4.90 Å². The molecule has 0 aromatic heterocycles. The molecule has 1 unspecified atom stereocenters. The summed E-state index contributed by atoms with van der Waals surface area (Å²) in [6.45, 7) is 3.18. The van der Waals surface area contributed by atoms with Crippen LogP contribution in [-0.2, 0) is 6.54 Å². The number of anilines is 1. The van der Waals surface area contributed by atoms with Gasteiger partial charge in [0.05, 0.1) is 5.60 Å². The quantitative estimate of drug-likeness (QED) is 0.885. The van der Waals surface area contributed by atoms with E-state index in [4.69, 9.17) is 0 Å². The van der Waals surface area contributed by atoms with Crippen molar-refractivity contribution < 1.29 is 5.11 Å². The molecular formula is C18H22N2O. The second-order valence-electron chi connectivity index (χ2n) is 5.89. The predicted molar refractivity (Wildman–Crippen MR) is 86.2 cm³/mol. The molecule has 0 radical (unpaired) electrons. The summed E-state index contributed by atoms with van der Waals surface area (Å²) in [5.41, 5.74) is 1.73. The fourth-order valence-electron chi connectivity index (χ4n) is 2.88. The highest BCUT2D eigenvalue weighted by Crippen LogP contribution is 2.23. The molecule has 2 aromatic rings. The Morgan fingerprint density at radius 3 is 2.38 bits per heavy atom. The summed E-state index contributed by atoms with van der Waals surface area (Å²) in [5, 5.41) is 14.0. The number of nitrogens with one attached hydrogen (secondary N) is 1. The Morgan fingerprint density at radius 1 is 1.00 bits per heavy atom. The van der Waals surface area contributed by atoms with Crippen LogP contribution >= 0.6 is 0 Å². The van der Waals surface area contributed by atoms with Gasteiger partial charge in [-0.05, 0) is 24.1 Å². The lowest BCUT2D eigenvalue weighted by atomic mass is 10.0.